The molecular formula is C78H157N. The fraction of sp³-hybridized carbons (Fsp3) is 0.974. The molecule has 0 aliphatic rings. The molecule has 0 unspecified atom stereocenters. The smallest absolute Gasteiger partial charge is 0.0103 e. The molecule has 474 valence electrons. The quantitative estimate of drug-likeness (QED) is 0.0604. The Balaban J connectivity index is 3.08. The monoisotopic (exact) mass is 1110 g/mol. The molecule has 0 saturated carbocycles. The third-order valence-corrected chi connectivity index (χ3v) is 18.9. The molecule has 0 fully saturated rings. The second-order valence-electron chi connectivity index (χ2n) is 27.0. The zero-order chi connectivity index (χ0) is 56.4. The van der Waals surface area contributed by atoms with Crippen molar-refractivity contribution in [3.8, 4) is 0 Å². The summed E-state index contributed by atoms with van der Waals surface area (Å²) in [5.74, 6) is 0. The summed E-state index contributed by atoms with van der Waals surface area (Å²) in [5, 5.41) is 0. The largest absolute Gasteiger partial charge is 0.405 e. The van der Waals surface area contributed by atoms with Crippen molar-refractivity contribution in [3.05, 3.63) is 12.3 Å². The summed E-state index contributed by atoms with van der Waals surface area (Å²) < 4.78 is 0. The number of unbranched alkanes of at least 4 members (excludes halogenated alkanes) is 74. The van der Waals surface area contributed by atoms with Crippen molar-refractivity contribution < 1.29 is 0 Å². The van der Waals surface area contributed by atoms with Gasteiger partial charge in [-0.05, 0) is 19.0 Å². The molecule has 0 atom stereocenters. The van der Waals surface area contributed by atoms with E-state index >= 15 is 0 Å². The van der Waals surface area contributed by atoms with Gasteiger partial charge in [0, 0.05) is 0 Å². The van der Waals surface area contributed by atoms with Gasteiger partial charge in [-0.25, -0.2) is 0 Å². The standard InChI is InChI=1S/C78H157N/c1-2-3-4-5-6-7-8-9-10-11-12-13-14-15-16-17-18-19-20-21-22-23-24-25-26-27-28-29-30-31-32-33-34-35-36-37-38-39-40-41-42-43-44-45-46-47-48-49-50-51-52-53-54-55-56-57-58-59-60-61-62-63-64-65-66-67-68-69-70-71-72-73-74-75-76-77-78-79/h77-78H,2-76,79H2,1H3. The highest BCUT2D eigenvalue weighted by Crippen LogP contribution is 2.21. The zero-order valence-corrected chi connectivity index (χ0v) is 55.8. The summed E-state index contributed by atoms with van der Waals surface area (Å²) in [6.07, 6.45) is 115. The van der Waals surface area contributed by atoms with Gasteiger partial charge in [0.25, 0.3) is 0 Å². The van der Waals surface area contributed by atoms with Crippen LogP contribution in [0, 0.1) is 0 Å². The number of nitrogens with two attached hydrogens (primary N) is 1. The maximum absolute atomic E-state index is 5.40. The maximum atomic E-state index is 5.40. The van der Waals surface area contributed by atoms with Crippen molar-refractivity contribution in [2.75, 3.05) is 0 Å². The molecule has 79 heavy (non-hydrogen) atoms. The number of hydrogen-bond acceptors (Lipinski definition) is 1. The van der Waals surface area contributed by atoms with Crippen molar-refractivity contribution in [1.82, 2.24) is 0 Å². The van der Waals surface area contributed by atoms with Gasteiger partial charge in [-0.2, -0.15) is 0 Å². The van der Waals surface area contributed by atoms with Crippen molar-refractivity contribution >= 4 is 0 Å². The predicted molar refractivity (Wildman–Crippen MR) is 365 cm³/mol. The number of allylic oxidation sites excluding steroid dienone is 1. The van der Waals surface area contributed by atoms with Gasteiger partial charge in [0.2, 0.25) is 0 Å². The molecule has 0 saturated heterocycles. The molecule has 1 nitrogen and oxygen atoms in total. The van der Waals surface area contributed by atoms with Crippen molar-refractivity contribution in [2.45, 2.75) is 488 Å². The van der Waals surface area contributed by atoms with E-state index in [1.165, 1.54) is 475 Å². The van der Waals surface area contributed by atoms with Gasteiger partial charge in [-0.3, -0.25) is 0 Å². The van der Waals surface area contributed by atoms with E-state index in [0.717, 1.165) is 6.42 Å². The zero-order valence-electron chi connectivity index (χ0n) is 55.8. The summed E-state index contributed by atoms with van der Waals surface area (Å²) in [4.78, 5) is 0. The molecule has 0 bridgehead atoms. The van der Waals surface area contributed by atoms with E-state index in [1.807, 2.05) is 0 Å². The van der Waals surface area contributed by atoms with E-state index < -0.39 is 0 Å². The van der Waals surface area contributed by atoms with E-state index in [4.69, 9.17) is 5.73 Å². The molecule has 1 heteroatoms. The Bertz CT molecular complexity index is 1020. The van der Waals surface area contributed by atoms with Crippen LogP contribution < -0.4 is 5.73 Å². The summed E-state index contributed by atoms with van der Waals surface area (Å²) in [6.45, 7) is 2.32. The van der Waals surface area contributed by atoms with E-state index in [1.54, 1.807) is 6.20 Å². The van der Waals surface area contributed by atoms with E-state index in [2.05, 4.69) is 13.0 Å². The molecule has 0 aliphatic carbocycles. The molecule has 0 aromatic rings. The third-order valence-electron chi connectivity index (χ3n) is 18.9. The van der Waals surface area contributed by atoms with E-state index in [0.29, 0.717) is 0 Å². The Morgan fingerprint density at radius 1 is 0.139 bits per heavy atom. The number of hydrogen-bond donors (Lipinski definition) is 1. The highest BCUT2D eigenvalue weighted by molar-refractivity contribution is 4.74. The lowest BCUT2D eigenvalue weighted by Gasteiger charge is -2.05. The first kappa shape index (κ1) is 78.5. The minimum absolute atomic E-state index is 1.16. The summed E-state index contributed by atoms with van der Waals surface area (Å²) in [5.41, 5.74) is 5.40. The van der Waals surface area contributed by atoms with Crippen LogP contribution in [0.15, 0.2) is 12.3 Å². The molecule has 0 aromatic carbocycles. The van der Waals surface area contributed by atoms with Crippen LogP contribution in [0.4, 0.5) is 0 Å². The summed E-state index contributed by atoms with van der Waals surface area (Å²) in [6, 6.07) is 0. The Labute approximate surface area is 503 Å². The fourth-order valence-electron chi connectivity index (χ4n) is 13.2. The van der Waals surface area contributed by atoms with Gasteiger partial charge in [0.15, 0.2) is 0 Å². The topological polar surface area (TPSA) is 26.0 Å². The average molecular weight is 1110 g/mol. The second kappa shape index (κ2) is 77.5. The van der Waals surface area contributed by atoms with Crippen molar-refractivity contribution in [1.29, 1.82) is 0 Å². The number of rotatable bonds is 75. The third kappa shape index (κ3) is 77.5. The van der Waals surface area contributed by atoms with E-state index in [-0.39, 0.29) is 0 Å². The average Bonchev–Trinajstić information content (AvgIpc) is 3.46. The van der Waals surface area contributed by atoms with Gasteiger partial charge in [-0.1, -0.05) is 482 Å². The summed E-state index contributed by atoms with van der Waals surface area (Å²) >= 11 is 0. The lowest BCUT2D eigenvalue weighted by Crippen LogP contribution is -1.85. The van der Waals surface area contributed by atoms with E-state index in [9.17, 15) is 0 Å². The Morgan fingerprint density at radius 3 is 0.316 bits per heavy atom. The van der Waals surface area contributed by atoms with Gasteiger partial charge >= 0.3 is 0 Å². The Morgan fingerprint density at radius 2 is 0.228 bits per heavy atom. The molecule has 2 N–H and O–H groups in total. The SMILES string of the molecule is CCCCCCCCCCCCCCCCCCCCCCCCCCCCCCCCCCCCCCCCCCCCCCCCCCCCCCCCCCCCCCCCCCCCCCCCCCCCC=CN. The summed E-state index contributed by atoms with van der Waals surface area (Å²) in [7, 11) is 0. The maximum Gasteiger partial charge on any atom is -0.0103 e. The molecule has 0 heterocycles. The normalized spacial score (nSPS) is 11.9. The first-order valence-corrected chi connectivity index (χ1v) is 38.8. The first-order valence-electron chi connectivity index (χ1n) is 38.8. The second-order valence-corrected chi connectivity index (χ2v) is 27.0. The minimum Gasteiger partial charge on any atom is -0.405 e. The van der Waals surface area contributed by atoms with Crippen LogP contribution in [0.3, 0.4) is 0 Å². The van der Waals surface area contributed by atoms with Crippen LogP contribution >= 0.6 is 0 Å². The highest BCUT2D eigenvalue weighted by atomic mass is 14.5. The van der Waals surface area contributed by atoms with Crippen LogP contribution in [0.25, 0.3) is 0 Å². The minimum atomic E-state index is 1.16. The fourth-order valence-corrected chi connectivity index (χ4v) is 13.2. The van der Waals surface area contributed by atoms with Gasteiger partial charge in [0.05, 0.1) is 0 Å². The van der Waals surface area contributed by atoms with Crippen LogP contribution in [-0.4, -0.2) is 0 Å². The molecule has 0 amide bonds. The van der Waals surface area contributed by atoms with Crippen molar-refractivity contribution in [2.24, 2.45) is 5.73 Å². The van der Waals surface area contributed by atoms with Gasteiger partial charge in [0.1, 0.15) is 0 Å². The van der Waals surface area contributed by atoms with Gasteiger partial charge in [-0.15, -0.1) is 0 Å². The molecule has 0 radical (unpaired) electrons. The molecule has 0 rings (SSSR count). The van der Waals surface area contributed by atoms with Crippen molar-refractivity contribution in [3.63, 3.8) is 0 Å². The van der Waals surface area contributed by atoms with Crippen LogP contribution in [-0.2, 0) is 0 Å². The van der Waals surface area contributed by atoms with Crippen LogP contribution in [0.5, 0.6) is 0 Å². The predicted octanol–water partition coefficient (Wildman–Crippen LogP) is 29.7. The van der Waals surface area contributed by atoms with Gasteiger partial charge < -0.3 is 5.73 Å². The van der Waals surface area contributed by atoms with Crippen LogP contribution in [0.2, 0.25) is 0 Å². The Kier molecular flexibility index (Phi) is 77.1. The lowest BCUT2D eigenvalue weighted by molar-refractivity contribution is 0.506. The highest BCUT2D eigenvalue weighted by Gasteiger charge is 2.02. The molecule has 0 aromatic heterocycles. The Hall–Kier alpha value is -0.460. The first-order chi connectivity index (χ1) is 39.4. The van der Waals surface area contributed by atoms with Crippen LogP contribution in [0.1, 0.15) is 488 Å². The molecule has 0 spiro atoms. The molecular weight excluding hydrogens is 951 g/mol. The lowest BCUT2D eigenvalue weighted by atomic mass is 10.0. The molecule has 0 aliphatic heterocycles.